The molecule has 0 radical (unpaired) electrons. The molecular formula is C19H15N3O4S. The van der Waals surface area contributed by atoms with Gasteiger partial charge in [0.2, 0.25) is 0 Å². The Morgan fingerprint density at radius 1 is 1.30 bits per heavy atom. The van der Waals surface area contributed by atoms with Gasteiger partial charge in [0.1, 0.15) is 6.54 Å². The number of carboxylic acid groups (broad SMARTS) is 1. The van der Waals surface area contributed by atoms with Gasteiger partial charge in [-0.05, 0) is 35.9 Å². The number of fused-ring (bicyclic) bond motifs is 1. The van der Waals surface area contributed by atoms with E-state index in [0.717, 1.165) is 5.56 Å². The lowest BCUT2D eigenvalue weighted by Crippen LogP contribution is -2.09. The maximum absolute atomic E-state index is 11.7. The molecule has 0 saturated heterocycles. The van der Waals surface area contributed by atoms with Crippen LogP contribution < -0.4 is 0 Å². The van der Waals surface area contributed by atoms with Crippen LogP contribution in [0.4, 0.5) is 0 Å². The summed E-state index contributed by atoms with van der Waals surface area (Å²) in [5.41, 5.74) is 3.02. The topological polar surface area (TPSA) is 105 Å². The maximum atomic E-state index is 11.7. The summed E-state index contributed by atoms with van der Waals surface area (Å²) in [5.74, 6) is -0.893. The molecule has 0 spiro atoms. The average molecular weight is 381 g/mol. The van der Waals surface area contributed by atoms with E-state index in [4.69, 9.17) is 10.00 Å². The molecule has 0 atom stereocenters. The van der Waals surface area contributed by atoms with Gasteiger partial charge in [-0.3, -0.25) is 4.79 Å². The van der Waals surface area contributed by atoms with Crippen LogP contribution in [0, 0.1) is 11.3 Å². The summed E-state index contributed by atoms with van der Waals surface area (Å²) in [6, 6.07) is 14.1. The summed E-state index contributed by atoms with van der Waals surface area (Å²) >= 11 is 1.36. The number of carbonyl (C=O) groups excluding carboxylic acids is 1. The third-order valence-electron chi connectivity index (χ3n) is 3.85. The minimum absolute atomic E-state index is 0.229. The largest absolute Gasteiger partial charge is 0.480 e. The number of methoxy groups -OCH3 is 1. The second kappa shape index (κ2) is 7.93. The zero-order valence-corrected chi connectivity index (χ0v) is 15.2. The van der Waals surface area contributed by atoms with Crippen LogP contribution >= 0.6 is 11.8 Å². The van der Waals surface area contributed by atoms with Crippen molar-refractivity contribution in [3.63, 3.8) is 0 Å². The van der Waals surface area contributed by atoms with E-state index in [0.29, 0.717) is 33.1 Å². The highest BCUT2D eigenvalue weighted by Crippen LogP contribution is 2.27. The summed E-state index contributed by atoms with van der Waals surface area (Å²) in [5, 5.41) is 18.8. The normalized spacial score (nSPS) is 10.5. The van der Waals surface area contributed by atoms with Crippen molar-refractivity contribution in [2.45, 2.75) is 17.5 Å². The van der Waals surface area contributed by atoms with Crippen molar-refractivity contribution in [1.29, 1.82) is 5.26 Å². The van der Waals surface area contributed by atoms with Crippen molar-refractivity contribution < 1.29 is 19.4 Å². The lowest BCUT2D eigenvalue weighted by atomic mass is 10.1. The molecule has 0 aliphatic rings. The van der Waals surface area contributed by atoms with Crippen molar-refractivity contribution in [3.8, 4) is 6.07 Å². The molecule has 0 saturated carbocycles. The highest BCUT2D eigenvalue weighted by atomic mass is 32.2. The number of thioether (sulfide) groups is 1. The third-order valence-corrected chi connectivity index (χ3v) is 4.90. The quantitative estimate of drug-likeness (QED) is 0.517. The molecule has 3 aromatic rings. The first-order chi connectivity index (χ1) is 13.0. The van der Waals surface area contributed by atoms with E-state index in [9.17, 15) is 14.7 Å². The summed E-state index contributed by atoms with van der Waals surface area (Å²) in [4.78, 5) is 27.4. The summed E-state index contributed by atoms with van der Waals surface area (Å²) in [7, 11) is 1.33. The van der Waals surface area contributed by atoms with Crippen molar-refractivity contribution in [2.24, 2.45) is 0 Å². The van der Waals surface area contributed by atoms with Crippen LogP contribution in [0.25, 0.3) is 11.0 Å². The Labute approximate surface area is 159 Å². The molecule has 2 aromatic carbocycles. The predicted molar refractivity (Wildman–Crippen MR) is 99.4 cm³/mol. The Morgan fingerprint density at radius 3 is 2.81 bits per heavy atom. The standard InChI is InChI=1S/C19H15N3O4S/c1-26-18(25)14-4-2-3-13(7-14)11-27-19-21-15-8-12(9-20)5-6-16(15)22(19)10-17(23)24/h2-8H,10-11H2,1H3,(H,23,24). The number of aliphatic carboxylic acids is 1. The van der Waals surface area contributed by atoms with E-state index in [1.54, 1.807) is 41.0 Å². The monoisotopic (exact) mass is 381 g/mol. The van der Waals surface area contributed by atoms with Gasteiger partial charge >= 0.3 is 11.9 Å². The van der Waals surface area contributed by atoms with Crippen LogP contribution in [-0.2, 0) is 21.8 Å². The molecule has 0 unspecified atom stereocenters. The molecule has 1 heterocycles. The fourth-order valence-electron chi connectivity index (χ4n) is 2.63. The van der Waals surface area contributed by atoms with Crippen LogP contribution in [0.5, 0.6) is 0 Å². The number of aromatic nitrogens is 2. The average Bonchev–Trinajstić information content (AvgIpc) is 3.01. The number of ether oxygens (including phenoxy) is 1. The first-order valence-electron chi connectivity index (χ1n) is 7.94. The number of nitrogens with zero attached hydrogens (tertiary/aromatic N) is 3. The van der Waals surface area contributed by atoms with Gasteiger partial charge in [0.15, 0.2) is 5.16 Å². The Morgan fingerprint density at radius 2 is 2.11 bits per heavy atom. The highest BCUT2D eigenvalue weighted by molar-refractivity contribution is 7.98. The molecule has 0 fully saturated rings. The van der Waals surface area contributed by atoms with Crippen molar-refractivity contribution >= 4 is 34.7 Å². The number of carbonyl (C=O) groups is 2. The van der Waals surface area contributed by atoms with Crippen LogP contribution in [0.2, 0.25) is 0 Å². The van der Waals surface area contributed by atoms with E-state index in [2.05, 4.69) is 11.1 Å². The van der Waals surface area contributed by atoms with E-state index < -0.39 is 11.9 Å². The van der Waals surface area contributed by atoms with Crippen LogP contribution in [0.1, 0.15) is 21.5 Å². The van der Waals surface area contributed by atoms with Gasteiger partial charge in [-0.2, -0.15) is 5.26 Å². The molecule has 7 nitrogen and oxygen atoms in total. The highest BCUT2D eigenvalue weighted by Gasteiger charge is 2.15. The number of nitriles is 1. The summed E-state index contributed by atoms with van der Waals surface area (Å²) < 4.78 is 6.33. The smallest absolute Gasteiger partial charge is 0.337 e. The SMILES string of the molecule is COC(=O)c1cccc(CSc2nc3cc(C#N)ccc3n2CC(=O)O)c1. The number of hydrogen-bond acceptors (Lipinski definition) is 6. The molecular weight excluding hydrogens is 366 g/mol. The first kappa shape index (κ1) is 18.5. The molecule has 27 heavy (non-hydrogen) atoms. The lowest BCUT2D eigenvalue weighted by molar-refractivity contribution is -0.137. The van der Waals surface area contributed by atoms with Gasteiger partial charge in [-0.1, -0.05) is 23.9 Å². The molecule has 1 N–H and O–H groups in total. The van der Waals surface area contributed by atoms with Crippen LogP contribution in [0.3, 0.4) is 0 Å². The van der Waals surface area contributed by atoms with Crippen molar-refractivity contribution in [1.82, 2.24) is 9.55 Å². The van der Waals surface area contributed by atoms with Gasteiger partial charge < -0.3 is 14.4 Å². The number of benzene rings is 2. The van der Waals surface area contributed by atoms with Crippen LogP contribution in [-0.4, -0.2) is 33.7 Å². The Kier molecular flexibility index (Phi) is 5.43. The molecule has 0 amide bonds. The van der Waals surface area contributed by atoms with Gasteiger partial charge in [0.05, 0.1) is 35.3 Å². The Hall–Kier alpha value is -3.31. The van der Waals surface area contributed by atoms with Crippen molar-refractivity contribution in [3.05, 3.63) is 59.2 Å². The number of esters is 1. The Balaban J connectivity index is 1.91. The maximum Gasteiger partial charge on any atom is 0.337 e. The minimum Gasteiger partial charge on any atom is -0.480 e. The van der Waals surface area contributed by atoms with E-state index in [-0.39, 0.29) is 6.54 Å². The third kappa shape index (κ3) is 4.10. The van der Waals surface area contributed by atoms with Gasteiger partial charge in [-0.15, -0.1) is 0 Å². The molecule has 0 aliphatic heterocycles. The summed E-state index contributed by atoms with van der Waals surface area (Å²) in [6.07, 6.45) is 0. The van der Waals surface area contributed by atoms with E-state index in [1.807, 2.05) is 6.07 Å². The second-order valence-corrected chi connectivity index (χ2v) is 6.61. The number of rotatable bonds is 6. The number of imidazole rings is 1. The Bertz CT molecular complexity index is 1070. The molecule has 0 bridgehead atoms. The van der Waals surface area contributed by atoms with E-state index in [1.165, 1.54) is 18.9 Å². The first-order valence-corrected chi connectivity index (χ1v) is 8.92. The van der Waals surface area contributed by atoms with Gasteiger partial charge in [-0.25, -0.2) is 9.78 Å². The lowest BCUT2D eigenvalue weighted by Gasteiger charge is -2.07. The van der Waals surface area contributed by atoms with Gasteiger partial charge in [0.25, 0.3) is 0 Å². The predicted octanol–water partition coefficient (Wildman–Crippen LogP) is 3.07. The number of carboxylic acids is 1. The second-order valence-electron chi connectivity index (χ2n) is 5.67. The summed E-state index contributed by atoms with van der Waals surface area (Å²) in [6.45, 7) is -0.229. The molecule has 1 aromatic heterocycles. The fourth-order valence-corrected chi connectivity index (χ4v) is 3.59. The minimum atomic E-state index is -0.979. The van der Waals surface area contributed by atoms with E-state index >= 15 is 0 Å². The molecule has 8 heteroatoms. The molecule has 3 rings (SSSR count). The zero-order chi connectivity index (χ0) is 19.4. The zero-order valence-electron chi connectivity index (χ0n) is 14.4. The molecule has 136 valence electrons. The van der Waals surface area contributed by atoms with Crippen molar-refractivity contribution in [2.75, 3.05) is 7.11 Å². The molecule has 0 aliphatic carbocycles. The fraction of sp³-hybridized carbons (Fsp3) is 0.158. The van der Waals surface area contributed by atoms with Crippen LogP contribution in [0.15, 0.2) is 47.6 Å². The van der Waals surface area contributed by atoms with Gasteiger partial charge in [0, 0.05) is 5.75 Å². The number of hydrogen-bond donors (Lipinski definition) is 1.